The smallest absolute Gasteiger partial charge is 0.261 e. The summed E-state index contributed by atoms with van der Waals surface area (Å²) in [4.78, 5) is 0.0501. The predicted octanol–water partition coefficient (Wildman–Crippen LogP) is 4.53. The molecule has 0 radical (unpaired) electrons. The average molecular weight is 429 g/mol. The van der Waals surface area contributed by atoms with Crippen LogP contribution < -0.4 is 18.9 Å². The van der Waals surface area contributed by atoms with Crippen molar-refractivity contribution >= 4 is 27.3 Å². The number of anilines is 1. The van der Waals surface area contributed by atoms with Crippen LogP contribution in [0.15, 0.2) is 65.6 Å². The maximum Gasteiger partial charge on any atom is 0.261 e. The molecule has 7 nitrogen and oxygen atoms in total. The molecule has 1 aliphatic rings. The van der Waals surface area contributed by atoms with Crippen molar-refractivity contribution < 1.29 is 22.6 Å². The highest BCUT2D eigenvalue weighted by molar-refractivity contribution is 7.92. The molecule has 146 valence electrons. The maximum atomic E-state index is 12.6. The first-order valence-electron chi connectivity index (χ1n) is 8.35. The lowest BCUT2D eigenvalue weighted by molar-refractivity contribution is 0.174. The van der Waals surface area contributed by atoms with Gasteiger partial charge in [-0.15, -0.1) is 0 Å². The Kier molecular flexibility index (Phi) is 4.92. The summed E-state index contributed by atoms with van der Waals surface area (Å²) in [6, 6.07) is 17.4. The largest absolute Gasteiger partial charge is 0.456 e. The van der Waals surface area contributed by atoms with Gasteiger partial charge >= 0.3 is 0 Å². The first-order chi connectivity index (χ1) is 14.0. The van der Waals surface area contributed by atoms with Crippen LogP contribution in [0.2, 0.25) is 5.02 Å². The second kappa shape index (κ2) is 7.54. The Labute approximate surface area is 172 Å². The SMILES string of the molecule is N#Cc1c(Cl)cccc1Oc1ccc(S(=O)(=O)Nc2ccc3c(c2)OCO3)cc1. The number of nitrogens with one attached hydrogen (secondary N) is 1. The van der Waals surface area contributed by atoms with Crippen LogP contribution in [-0.4, -0.2) is 15.2 Å². The van der Waals surface area contributed by atoms with Crippen molar-refractivity contribution in [3.63, 3.8) is 0 Å². The van der Waals surface area contributed by atoms with Gasteiger partial charge in [0.1, 0.15) is 23.1 Å². The number of halogens is 1. The molecule has 1 N–H and O–H groups in total. The number of nitriles is 1. The fourth-order valence-corrected chi connectivity index (χ4v) is 3.94. The van der Waals surface area contributed by atoms with Gasteiger partial charge in [-0.2, -0.15) is 5.26 Å². The van der Waals surface area contributed by atoms with Crippen LogP contribution in [0.5, 0.6) is 23.0 Å². The van der Waals surface area contributed by atoms with E-state index in [-0.39, 0.29) is 28.0 Å². The lowest BCUT2D eigenvalue weighted by Gasteiger charge is -2.11. The number of benzene rings is 3. The van der Waals surface area contributed by atoms with Gasteiger partial charge in [-0.05, 0) is 48.5 Å². The molecule has 0 aliphatic carbocycles. The van der Waals surface area contributed by atoms with Crippen LogP contribution >= 0.6 is 11.6 Å². The summed E-state index contributed by atoms with van der Waals surface area (Å²) in [5, 5.41) is 9.48. The molecule has 29 heavy (non-hydrogen) atoms. The molecule has 0 fully saturated rings. The van der Waals surface area contributed by atoms with E-state index in [0.29, 0.717) is 22.9 Å². The number of hydrogen-bond donors (Lipinski definition) is 1. The zero-order valence-electron chi connectivity index (χ0n) is 14.8. The molecule has 0 unspecified atom stereocenters. The number of hydrogen-bond acceptors (Lipinski definition) is 6. The Morgan fingerprint density at radius 3 is 2.55 bits per heavy atom. The molecule has 0 saturated carbocycles. The van der Waals surface area contributed by atoms with Crippen LogP contribution in [0, 0.1) is 11.3 Å². The predicted molar refractivity (Wildman–Crippen MR) is 106 cm³/mol. The molecule has 0 aromatic heterocycles. The molecule has 4 rings (SSSR count). The average Bonchev–Trinajstić information content (AvgIpc) is 3.16. The van der Waals surface area contributed by atoms with E-state index in [1.54, 1.807) is 36.4 Å². The third-order valence-corrected chi connectivity index (χ3v) is 5.79. The highest BCUT2D eigenvalue weighted by atomic mass is 35.5. The zero-order chi connectivity index (χ0) is 20.4. The third-order valence-electron chi connectivity index (χ3n) is 4.07. The van der Waals surface area contributed by atoms with Crippen LogP contribution in [0.3, 0.4) is 0 Å². The summed E-state index contributed by atoms with van der Waals surface area (Å²) in [5.74, 6) is 1.69. The van der Waals surface area contributed by atoms with Crippen molar-refractivity contribution in [1.82, 2.24) is 0 Å². The Hall–Kier alpha value is -3.41. The van der Waals surface area contributed by atoms with Gasteiger partial charge < -0.3 is 14.2 Å². The molecule has 0 amide bonds. The minimum absolute atomic E-state index is 0.0501. The molecule has 1 heterocycles. The zero-order valence-corrected chi connectivity index (χ0v) is 16.3. The van der Waals surface area contributed by atoms with Gasteiger partial charge in [-0.1, -0.05) is 17.7 Å². The monoisotopic (exact) mass is 428 g/mol. The standard InChI is InChI=1S/C20H13ClN2O5S/c21-17-2-1-3-18(16(17)11-22)28-14-5-7-15(8-6-14)29(24,25)23-13-4-9-19-20(10-13)27-12-26-19/h1-10,23H,12H2. The summed E-state index contributed by atoms with van der Waals surface area (Å²) in [6.07, 6.45) is 0. The van der Waals surface area contributed by atoms with Gasteiger partial charge in [0.05, 0.1) is 15.6 Å². The van der Waals surface area contributed by atoms with E-state index in [1.807, 2.05) is 6.07 Å². The highest BCUT2D eigenvalue weighted by Gasteiger charge is 2.18. The van der Waals surface area contributed by atoms with Crippen molar-refractivity contribution in [3.8, 4) is 29.1 Å². The molecule has 0 saturated heterocycles. The van der Waals surface area contributed by atoms with Crippen molar-refractivity contribution in [1.29, 1.82) is 5.26 Å². The van der Waals surface area contributed by atoms with Crippen molar-refractivity contribution in [2.75, 3.05) is 11.5 Å². The number of sulfonamides is 1. The second-order valence-electron chi connectivity index (χ2n) is 5.97. The van der Waals surface area contributed by atoms with Crippen LogP contribution in [-0.2, 0) is 10.0 Å². The number of fused-ring (bicyclic) bond motifs is 1. The summed E-state index contributed by atoms with van der Waals surface area (Å²) in [6.45, 7) is 0.104. The normalized spacial score (nSPS) is 12.3. The van der Waals surface area contributed by atoms with Gasteiger partial charge in [0.2, 0.25) is 6.79 Å². The van der Waals surface area contributed by atoms with Crippen LogP contribution in [0.1, 0.15) is 5.56 Å². The van der Waals surface area contributed by atoms with Crippen molar-refractivity contribution in [2.45, 2.75) is 4.90 Å². The molecule has 0 atom stereocenters. The molecule has 3 aromatic carbocycles. The number of rotatable bonds is 5. The molecule has 0 spiro atoms. The summed E-state index contributed by atoms with van der Waals surface area (Å²) in [7, 11) is -3.82. The van der Waals surface area contributed by atoms with Gasteiger partial charge in [0.25, 0.3) is 10.0 Å². The van der Waals surface area contributed by atoms with E-state index in [9.17, 15) is 13.7 Å². The molecule has 0 bridgehead atoms. The summed E-state index contributed by atoms with van der Waals surface area (Å²) < 4.78 is 43.9. The minimum Gasteiger partial charge on any atom is -0.456 e. The van der Waals surface area contributed by atoms with E-state index in [0.717, 1.165) is 0 Å². The molecule has 9 heteroatoms. The molecular formula is C20H13ClN2O5S. The second-order valence-corrected chi connectivity index (χ2v) is 8.06. The van der Waals surface area contributed by atoms with Crippen molar-refractivity contribution in [2.24, 2.45) is 0 Å². The van der Waals surface area contributed by atoms with Gasteiger partial charge in [-0.3, -0.25) is 4.72 Å². The van der Waals surface area contributed by atoms with Gasteiger partial charge in [-0.25, -0.2) is 8.42 Å². The lowest BCUT2D eigenvalue weighted by Crippen LogP contribution is -2.12. The topological polar surface area (TPSA) is 97.7 Å². The first kappa shape index (κ1) is 18.9. The fourth-order valence-electron chi connectivity index (χ4n) is 2.69. The Balaban J connectivity index is 1.53. The minimum atomic E-state index is -3.82. The van der Waals surface area contributed by atoms with E-state index < -0.39 is 10.0 Å². The van der Waals surface area contributed by atoms with E-state index in [4.69, 9.17) is 25.8 Å². The molecule has 3 aromatic rings. The van der Waals surface area contributed by atoms with Crippen LogP contribution in [0.25, 0.3) is 0 Å². The van der Waals surface area contributed by atoms with E-state index >= 15 is 0 Å². The van der Waals surface area contributed by atoms with Gasteiger partial charge in [0, 0.05) is 6.07 Å². The van der Waals surface area contributed by atoms with E-state index in [1.165, 1.54) is 24.3 Å². The van der Waals surface area contributed by atoms with E-state index in [2.05, 4.69) is 4.72 Å². The first-order valence-corrected chi connectivity index (χ1v) is 10.2. The van der Waals surface area contributed by atoms with Gasteiger partial charge in [0.15, 0.2) is 11.5 Å². The van der Waals surface area contributed by atoms with Crippen molar-refractivity contribution in [3.05, 3.63) is 71.2 Å². The number of nitrogens with zero attached hydrogens (tertiary/aromatic N) is 1. The Morgan fingerprint density at radius 1 is 1.03 bits per heavy atom. The maximum absolute atomic E-state index is 12.6. The number of ether oxygens (including phenoxy) is 3. The molecular weight excluding hydrogens is 416 g/mol. The molecule has 1 aliphatic heterocycles. The fraction of sp³-hybridized carbons (Fsp3) is 0.0500. The third kappa shape index (κ3) is 3.92. The van der Waals surface area contributed by atoms with Crippen LogP contribution in [0.4, 0.5) is 5.69 Å². The Bertz CT molecular complexity index is 1220. The summed E-state index contributed by atoms with van der Waals surface area (Å²) >= 11 is 5.99. The quantitative estimate of drug-likeness (QED) is 0.641. The Morgan fingerprint density at radius 2 is 1.79 bits per heavy atom. The highest BCUT2D eigenvalue weighted by Crippen LogP contribution is 2.35. The summed E-state index contributed by atoms with van der Waals surface area (Å²) in [5.41, 5.74) is 0.558. The lowest BCUT2D eigenvalue weighted by atomic mass is 10.2.